The lowest BCUT2D eigenvalue weighted by Crippen LogP contribution is -2.44. The van der Waals surface area contributed by atoms with Gasteiger partial charge in [0.1, 0.15) is 37.4 Å². The molecular formula is C62H108N2O16. The molecular weight excluding hydrogens is 1030 g/mol. The van der Waals surface area contributed by atoms with E-state index in [0.29, 0.717) is 132 Å². The van der Waals surface area contributed by atoms with Crippen LogP contribution >= 0.6 is 0 Å². The molecule has 18 nitrogen and oxygen atoms in total. The van der Waals surface area contributed by atoms with Gasteiger partial charge in [0.25, 0.3) is 5.91 Å². The first-order valence-corrected chi connectivity index (χ1v) is 30.3. The van der Waals surface area contributed by atoms with Crippen molar-refractivity contribution >= 4 is 11.8 Å². The van der Waals surface area contributed by atoms with Crippen LogP contribution in [0.3, 0.4) is 0 Å². The molecule has 462 valence electrons. The molecule has 2 amide bonds. The third-order valence-corrected chi connectivity index (χ3v) is 12.8. The minimum absolute atomic E-state index is 0.0854. The number of benzene rings is 2. The van der Waals surface area contributed by atoms with Gasteiger partial charge in [0.2, 0.25) is 11.7 Å². The molecule has 80 heavy (non-hydrogen) atoms. The molecule has 0 heterocycles. The van der Waals surface area contributed by atoms with Gasteiger partial charge in [-0.3, -0.25) is 9.59 Å². The molecule has 0 aliphatic carbocycles. The molecule has 0 saturated heterocycles. The summed E-state index contributed by atoms with van der Waals surface area (Å²) in [7, 11) is 4.88. The third-order valence-electron chi connectivity index (χ3n) is 12.8. The number of carbonyl (C=O) groups excluding carboxylic acids is 2. The van der Waals surface area contributed by atoms with Gasteiger partial charge in [-0.2, -0.15) is 0 Å². The number of carbonyl (C=O) groups is 2. The molecule has 0 bridgehead atoms. The van der Waals surface area contributed by atoms with E-state index < -0.39 is 11.9 Å². The fourth-order valence-corrected chi connectivity index (χ4v) is 8.22. The fourth-order valence-electron chi connectivity index (χ4n) is 8.22. The first kappa shape index (κ1) is 72.1. The van der Waals surface area contributed by atoms with Gasteiger partial charge in [0, 0.05) is 39.5 Å². The van der Waals surface area contributed by atoms with E-state index in [4.69, 9.17) is 66.3 Å². The summed E-state index contributed by atoms with van der Waals surface area (Å²) in [6.45, 7) is 14.0. The van der Waals surface area contributed by atoms with Crippen LogP contribution in [0.15, 0.2) is 30.3 Å². The Morgan fingerprint density at radius 2 is 0.725 bits per heavy atom. The minimum Gasteiger partial charge on any atom is -0.493 e. The summed E-state index contributed by atoms with van der Waals surface area (Å²) in [4.78, 5) is 27.7. The van der Waals surface area contributed by atoms with Crippen LogP contribution in [0.4, 0.5) is 0 Å². The summed E-state index contributed by atoms with van der Waals surface area (Å²) in [5, 5.41) is 5.88. The number of unbranched alkanes of at least 4 members (excludes halogenated alkanes) is 18. The van der Waals surface area contributed by atoms with Gasteiger partial charge < -0.3 is 76.9 Å². The highest BCUT2D eigenvalue weighted by atomic mass is 16.6. The molecule has 0 aromatic heterocycles. The third kappa shape index (κ3) is 39.5. The van der Waals surface area contributed by atoms with Crippen molar-refractivity contribution < 1.29 is 75.9 Å². The lowest BCUT2D eigenvalue weighted by Gasteiger charge is -2.20. The summed E-state index contributed by atoms with van der Waals surface area (Å²) < 4.78 is 80.3. The molecule has 0 radical (unpaired) electrons. The van der Waals surface area contributed by atoms with Crippen LogP contribution in [-0.2, 0) is 54.0 Å². The molecule has 0 saturated carbocycles. The molecule has 0 fully saturated rings. The normalized spacial score (nSPS) is 11.7. The van der Waals surface area contributed by atoms with Gasteiger partial charge in [-0.25, -0.2) is 0 Å². The van der Waals surface area contributed by atoms with Crippen molar-refractivity contribution in [3.8, 4) is 28.7 Å². The Hall–Kier alpha value is -3.98. The number of hydrogen-bond donors (Lipinski definition) is 2. The fraction of sp³-hybridized carbons (Fsp3) is 0.774. The minimum atomic E-state index is -0.889. The predicted octanol–water partition coefficient (Wildman–Crippen LogP) is 10.9. The highest BCUT2D eigenvalue weighted by Gasteiger charge is 2.21. The van der Waals surface area contributed by atoms with Gasteiger partial charge in [-0.1, -0.05) is 129 Å². The summed E-state index contributed by atoms with van der Waals surface area (Å²) in [6, 6.07) is 8.01. The lowest BCUT2D eigenvalue weighted by molar-refractivity contribution is -0.122. The van der Waals surface area contributed by atoms with Gasteiger partial charge in [0.05, 0.1) is 112 Å². The summed E-state index contributed by atoms with van der Waals surface area (Å²) >= 11 is 0. The highest BCUT2D eigenvalue weighted by molar-refractivity contribution is 5.98. The standard InChI is InChI=1S/C62H108N2O16/c1-7-9-11-13-15-17-19-21-23-25-27-76-56-49-55(50-57(51-56)77-28-26-24-22-20-18-16-14-12-10-8-2)62(66)64-53(3)61(65)63-52-54-47-58(78-44-41-73-38-35-70-32-29-67-4)60(80-46-43-75-40-37-72-34-31-69-6)59(48-54)79-45-42-74-39-36-71-33-30-68-5/h47-51,53H,7-46,52H2,1-6H3,(H,63,65)(H,64,66)/t53-/m0/s1. The second-order valence-electron chi connectivity index (χ2n) is 19.8. The van der Waals surface area contributed by atoms with Crippen LogP contribution < -0.4 is 34.3 Å². The number of hydrogen-bond acceptors (Lipinski definition) is 16. The zero-order chi connectivity index (χ0) is 57.6. The Labute approximate surface area is 482 Å². The smallest absolute Gasteiger partial charge is 0.252 e. The van der Waals surface area contributed by atoms with Crippen LogP contribution in [-0.4, -0.2) is 171 Å². The van der Waals surface area contributed by atoms with Crippen LogP contribution in [0, 0.1) is 0 Å². The molecule has 0 aliphatic rings. The highest BCUT2D eigenvalue weighted by Crippen LogP contribution is 2.39. The number of methoxy groups -OCH3 is 3. The largest absolute Gasteiger partial charge is 0.493 e. The van der Waals surface area contributed by atoms with E-state index >= 15 is 0 Å². The average Bonchev–Trinajstić information content (AvgIpc) is 3.49. The zero-order valence-corrected chi connectivity index (χ0v) is 50.5. The Balaban J connectivity index is 2.19. The van der Waals surface area contributed by atoms with Gasteiger partial charge in [-0.15, -0.1) is 0 Å². The molecule has 2 rings (SSSR count). The maximum Gasteiger partial charge on any atom is 0.252 e. The van der Waals surface area contributed by atoms with E-state index in [1.165, 1.54) is 103 Å². The first-order chi connectivity index (χ1) is 39.4. The Morgan fingerprint density at radius 1 is 0.388 bits per heavy atom. The monoisotopic (exact) mass is 1140 g/mol. The maximum absolute atomic E-state index is 13.9. The van der Waals surface area contributed by atoms with Crippen molar-refractivity contribution in [1.29, 1.82) is 0 Å². The van der Waals surface area contributed by atoms with E-state index in [9.17, 15) is 9.59 Å². The Bertz CT molecular complexity index is 1670. The van der Waals surface area contributed by atoms with Crippen LogP contribution in [0.2, 0.25) is 0 Å². The van der Waals surface area contributed by atoms with Crippen LogP contribution in [0.5, 0.6) is 28.7 Å². The van der Waals surface area contributed by atoms with Gasteiger partial charge in [0.15, 0.2) is 11.5 Å². The van der Waals surface area contributed by atoms with Crippen molar-refractivity contribution in [3.05, 3.63) is 41.5 Å². The van der Waals surface area contributed by atoms with E-state index in [1.54, 1.807) is 52.5 Å². The summed E-state index contributed by atoms with van der Waals surface area (Å²) in [5.41, 5.74) is 1.02. The Morgan fingerprint density at radius 3 is 1.10 bits per heavy atom. The van der Waals surface area contributed by atoms with Crippen molar-refractivity contribution in [2.24, 2.45) is 0 Å². The number of nitrogens with one attached hydrogen (secondary N) is 2. The second-order valence-corrected chi connectivity index (χ2v) is 19.8. The zero-order valence-electron chi connectivity index (χ0n) is 50.5. The second kappa shape index (κ2) is 53.1. The molecule has 2 aromatic rings. The Kier molecular flexibility index (Phi) is 47.8. The lowest BCUT2D eigenvalue weighted by atomic mass is 10.1. The average molecular weight is 1140 g/mol. The van der Waals surface area contributed by atoms with Gasteiger partial charge in [-0.05, 0) is 49.6 Å². The van der Waals surface area contributed by atoms with E-state index in [-0.39, 0.29) is 52.1 Å². The molecule has 2 aromatic carbocycles. The SMILES string of the molecule is CCCCCCCCCCCCOc1cc(OCCCCCCCCCCCC)cc(C(=O)N[C@@H](C)C(=O)NCc2cc(OCCOCCOCCOC)c(OCCOCCOCCOC)c(OCCOCCOCCOC)c2)c1. The molecule has 18 heteroatoms. The summed E-state index contributed by atoms with van der Waals surface area (Å²) in [6.07, 6.45) is 24.6. The quantitative estimate of drug-likeness (QED) is 0.0595. The van der Waals surface area contributed by atoms with Crippen LogP contribution in [0.1, 0.15) is 165 Å². The van der Waals surface area contributed by atoms with Crippen molar-refractivity contribution in [2.75, 3.05) is 153 Å². The maximum atomic E-state index is 13.9. The molecule has 1 atom stereocenters. The van der Waals surface area contributed by atoms with Crippen LogP contribution in [0.25, 0.3) is 0 Å². The molecule has 0 spiro atoms. The number of ether oxygens (including phenoxy) is 14. The molecule has 0 unspecified atom stereocenters. The first-order valence-electron chi connectivity index (χ1n) is 30.3. The van der Waals surface area contributed by atoms with Crippen molar-refractivity contribution in [3.63, 3.8) is 0 Å². The number of amides is 2. The van der Waals surface area contributed by atoms with E-state index in [1.807, 2.05) is 6.07 Å². The van der Waals surface area contributed by atoms with E-state index in [0.717, 1.165) is 25.7 Å². The van der Waals surface area contributed by atoms with Gasteiger partial charge >= 0.3 is 0 Å². The topological polar surface area (TPSA) is 187 Å². The predicted molar refractivity (Wildman–Crippen MR) is 313 cm³/mol. The summed E-state index contributed by atoms with van der Waals surface area (Å²) in [5.74, 6) is 1.45. The van der Waals surface area contributed by atoms with Crippen molar-refractivity contribution in [2.45, 2.75) is 162 Å². The van der Waals surface area contributed by atoms with E-state index in [2.05, 4.69) is 24.5 Å². The molecule has 0 aliphatic heterocycles. The molecule has 2 N–H and O–H groups in total. The van der Waals surface area contributed by atoms with Crippen molar-refractivity contribution in [1.82, 2.24) is 10.6 Å². The number of rotatable bonds is 59.